The lowest BCUT2D eigenvalue weighted by Gasteiger charge is -2.21. The zero-order valence-electron chi connectivity index (χ0n) is 10.8. The molecule has 0 aromatic carbocycles. The smallest absolute Gasteiger partial charge is 0.135 e. The van der Waals surface area contributed by atoms with Crippen molar-refractivity contribution in [2.75, 3.05) is 18.4 Å². The Morgan fingerprint density at radius 3 is 2.82 bits per heavy atom. The lowest BCUT2D eigenvalue weighted by molar-refractivity contribution is 0.930. The van der Waals surface area contributed by atoms with E-state index in [1.165, 1.54) is 5.56 Å². The Balaban J connectivity index is 2.36. The quantitative estimate of drug-likeness (QED) is 0.710. The summed E-state index contributed by atoms with van der Waals surface area (Å²) in [5.41, 5.74) is 2.35. The van der Waals surface area contributed by atoms with Crippen LogP contribution >= 0.6 is 0 Å². The van der Waals surface area contributed by atoms with Gasteiger partial charge in [-0.25, -0.2) is 9.97 Å². The van der Waals surface area contributed by atoms with E-state index >= 15 is 0 Å². The standard InChI is InChI=1S/C12H17B2N3/c1-13-7-11-15-10-6-4-5-9(10)12(16-11)17(3)8-14-2/h4,6H,5,7-8H2,1-3H3. The fourth-order valence-electron chi connectivity index (χ4n) is 2.11. The molecule has 1 aromatic rings. The second kappa shape index (κ2) is 5.39. The highest BCUT2D eigenvalue weighted by molar-refractivity contribution is 6.34. The summed E-state index contributed by atoms with van der Waals surface area (Å²) in [4.78, 5) is 11.4. The van der Waals surface area contributed by atoms with E-state index in [0.717, 1.165) is 36.5 Å². The van der Waals surface area contributed by atoms with Crippen LogP contribution in [-0.4, -0.2) is 38.0 Å². The molecule has 17 heavy (non-hydrogen) atoms. The number of nitrogens with zero attached hydrogens (tertiary/aromatic N) is 3. The SMILES string of the molecule is C[B]Cc1nc2c(c(N(C)C[B]C)n1)CC=C2. The van der Waals surface area contributed by atoms with Gasteiger partial charge in [0.05, 0.1) is 5.69 Å². The average Bonchev–Trinajstić information content (AvgIpc) is 2.76. The Morgan fingerprint density at radius 1 is 1.29 bits per heavy atom. The maximum atomic E-state index is 4.68. The van der Waals surface area contributed by atoms with Crippen LogP contribution in [0, 0.1) is 0 Å². The first kappa shape index (κ1) is 12.2. The van der Waals surface area contributed by atoms with Crippen LogP contribution in [0.4, 0.5) is 5.82 Å². The third kappa shape index (κ3) is 2.54. The fourth-order valence-corrected chi connectivity index (χ4v) is 2.11. The van der Waals surface area contributed by atoms with E-state index in [2.05, 4.69) is 55.4 Å². The highest BCUT2D eigenvalue weighted by Gasteiger charge is 2.17. The lowest BCUT2D eigenvalue weighted by atomic mass is 9.78. The number of fused-ring (bicyclic) bond motifs is 1. The maximum absolute atomic E-state index is 4.68. The van der Waals surface area contributed by atoms with Gasteiger partial charge in [0.2, 0.25) is 0 Å². The van der Waals surface area contributed by atoms with Crippen LogP contribution in [0.2, 0.25) is 13.6 Å². The molecule has 5 heteroatoms. The van der Waals surface area contributed by atoms with Gasteiger partial charge in [-0.2, -0.15) is 0 Å². The summed E-state index contributed by atoms with van der Waals surface area (Å²) in [6, 6.07) is 0. The first-order valence-corrected chi connectivity index (χ1v) is 6.09. The number of rotatable bonds is 5. The maximum Gasteiger partial charge on any atom is 0.135 e. The van der Waals surface area contributed by atoms with Gasteiger partial charge in [0.15, 0.2) is 0 Å². The molecule has 0 aliphatic heterocycles. The van der Waals surface area contributed by atoms with E-state index in [9.17, 15) is 0 Å². The molecule has 0 bridgehead atoms. The molecule has 1 aromatic heterocycles. The van der Waals surface area contributed by atoms with E-state index in [1.54, 1.807) is 0 Å². The molecule has 2 radical (unpaired) electrons. The highest BCUT2D eigenvalue weighted by atomic mass is 15.2. The van der Waals surface area contributed by atoms with Crippen molar-refractivity contribution in [1.82, 2.24) is 9.97 Å². The molecule has 0 saturated heterocycles. The highest BCUT2D eigenvalue weighted by Crippen LogP contribution is 2.26. The van der Waals surface area contributed by atoms with Crippen LogP contribution in [0.25, 0.3) is 6.08 Å². The molecule has 1 aliphatic carbocycles. The van der Waals surface area contributed by atoms with Crippen LogP contribution < -0.4 is 4.90 Å². The van der Waals surface area contributed by atoms with E-state index in [1.807, 2.05) is 6.82 Å². The summed E-state index contributed by atoms with van der Waals surface area (Å²) in [7, 11) is 6.32. The minimum Gasteiger partial charge on any atom is -0.368 e. The van der Waals surface area contributed by atoms with Crippen molar-refractivity contribution < 1.29 is 0 Å². The van der Waals surface area contributed by atoms with Crippen LogP contribution in [0.1, 0.15) is 17.1 Å². The molecule has 1 aliphatic rings. The second-order valence-electron chi connectivity index (χ2n) is 4.33. The molecular weight excluding hydrogens is 208 g/mol. The first-order valence-electron chi connectivity index (χ1n) is 6.09. The number of allylic oxidation sites excluding steroid dienone is 1. The van der Waals surface area contributed by atoms with Crippen LogP contribution in [-0.2, 0) is 12.7 Å². The van der Waals surface area contributed by atoms with Gasteiger partial charge in [0.25, 0.3) is 0 Å². The van der Waals surface area contributed by atoms with Gasteiger partial charge in [0.1, 0.15) is 26.2 Å². The summed E-state index contributed by atoms with van der Waals surface area (Å²) in [5, 5.41) is 0. The summed E-state index contributed by atoms with van der Waals surface area (Å²) < 4.78 is 0. The molecule has 0 N–H and O–H groups in total. The molecule has 0 amide bonds. The summed E-state index contributed by atoms with van der Waals surface area (Å²) >= 11 is 0. The topological polar surface area (TPSA) is 29.0 Å². The van der Waals surface area contributed by atoms with Gasteiger partial charge >= 0.3 is 0 Å². The van der Waals surface area contributed by atoms with Crippen molar-refractivity contribution in [1.29, 1.82) is 0 Å². The predicted molar refractivity (Wildman–Crippen MR) is 75.0 cm³/mol. The van der Waals surface area contributed by atoms with E-state index in [4.69, 9.17) is 0 Å². The van der Waals surface area contributed by atoms with Crippen molar-refractivity contribution in [3.8, 4) is 0 Å². The largest absolute Gasteiger partial charge is 0.368 e. The molecule has 3 nitrogen and oxygen atoms in total. The number of anilines is 1. The van der Waals surface area contributed by atoms with Crippen molar-refractivity contribution in [2.24, 2.45) is 0 Å². The van der Waals surface area contributed by atoms with Gasteiger partial charge in [-0.3, -0.25) is 0 Å². The lowest BCUT2D eigenvalue weighted by Crippen LogP contribution is -2.25. The molecule has 0 fully saturated rings. The zero-order valence-corrected chi connectivity index (χ0v) is 10.8. The predicted octanol–water partition coefficient (Wildman–Crippen LogP) is 1.44. The Kier molecular flexibility index (Phi) is 3.87. The number of hydrogen-bond acceptors (Lipinski definition) is 3. The summed E-state index contributed by atoms with van der Waals surface area (Å²) in [6.45, 7) is 4.10. The summed E-state index contributed by atoms with van der Waals surface area (Å²) in [6.07, 6.45) is 6.96. The third-order valence-corrected chi connectivity index (χ3v) is 2.87. The van der Waals surface area contributed by atoms with Gasteiger partial charge in [-0.1, -0.05) is 19.7 Å². The molecular formula is C12H17B2N3. The van der Waals surface area contributed by atoms with E-state index < -0.39 is 0 Å². The van der Waals surface area contributed by atoms with Crippen molar-refractivity contribution in [2.45, 2.75) is 26.4 Å². The van der Waals surface area contributed by atoms with Crippen molar-refractivity contribution in [3.63, 3.8) is 0 Å². The molecule has 0 unspecified atom stereocenters. The second-order valence-corrected chi connectivity index (χ2v) is 4.33. The third-order valence-electron chi connectivity index (χ3n) is 2.87. The van der Waals surface area contributed by atoms with Crippen LogP contribution in [0.5, 0.6) is 0 Å². The van der Waals surface area contributed by atoms with Crippen LogP contribution in [0.15, 0.2) is 6.08 Å². The zero-order chi connectivity index (χ0) is 12.3. The fraction of sp³-hybridized carbons (Fsp3) is 0.500. The molecule has 0 spiro atoms. The van der Waals surface area contributed by atoms with Crippen molar-refractivity contribution in [3.05, 3.63) is 23.2 Å². The Hall–Kier alpha value is -1.25. The Bertz CT molecular complexity index is 432. The molecule has 1 heterocycles. The summed E-state index contributed by atoms with van der Waals surface area (Å²) in [5.74, 6) is 1.99. The number of aromatic nitrogens is 2. The molecule has 86 valence electrons. The minimum absolute atomic E-state index is 0.831. The van der Waals surface area contributed by atoms with Gasteiger partial charge in [0, 0.05) is 12.6 Å². The van der Waals surface area contributed by atoms with Crippen LogP contribution in [0.3, 0.4) is 0 Å². The Morgan fingerprint density at radius 2 is 2.12 bits per heavy atom. The average molecular weight is 225 g/mol. The monoisotopic (exact) mass is 225 g/mol. The Labute approximate surface area is 105 Å². The molecule has 0 saturated carbocycles. The minimum atomic E-state index is 0.831. The molecule has 2 rings (SSSR count). The number of hydrogen-bond donors (Lipinski definition) is 0. The van der Waals surface area contributed by atoms with Crippen molar-refractivity contribution >= 4 is 26.5 Å². The molecule has 0 atom stereocenters. The van der Waals surface area contributed by atoms with Gasteiger partial charge in [-0.15, -0.1) is 0 Å². The van der Waals surface area contributed by atoms with Gasteiger partial charge < -0.3 is 4.90 Å². The van der Waals surface area contributed by atoms with E-state index in [-0.39, 0.29) is 0 Å². The first-order chi connectivity index (χ1) is 8.26. The normalized spacial score (nSPS) is 12.4. The van der Waals surface area contributed by atoms with Gasteiger partial charge in [-0.05, 0) is 25.3 Å². The van der Waals surface area contributed by atoms with E-state index in [0.29, 0.717) is 0 Å².